The van der Waals surface area contributed by atoms with E-state index in [9.17, 15) is 0 Å². The van der Waals surface area contributed by atoms with E-state index < -0.39 is 0 Å². The summed E-state index contributed by atoms with van der Waals surface area (Å²) in [5.74, 6) is 1.88. The molecule has 1 fully saturated rings. The summed E-state index contributed by atoms with van der Waals surface area (Å²) < 4.78 is 11.4. The zero-order valence-corrected chi connectivity index (χ0v) is 14.2. The van der Waals surface area contributed by atoms with Crippen molar-refractivity contribution in [2.75, 3.05) is 36.5 Å². The molecule has 4 aromatic heterocycles. The van der Waals surface area contributed by atoms with Crippen LogP contribution in [0.3, 0.4) is 0 Å². The van der Waals surface area contributed by atoms with Crippen LogP contribution in [0.25, 0.3) is 22.2 Å². The van der Waals surface area contributed by atoms with Gasteiger partial charge in [-0.2, -0.15) is 10.1 Å². The molecule has 0 atom stereocenters. The number of pyridine rings is 1. The first-order valence-electron chi connectivity index (χ1n) is 8.45. The number of nitrogens with one attached hydrogen (secondary N) is 2. The van der Waals surface area contributed by atoms with Gasteiger partial charge in [-0.3, -0.25) is 5.10 Å². The maximum atomic E-state index is 5.98. The van der Waals surface area contributed by atoms with Crippen LogP contribution in [0.15, 0.2) is 28.8 Å². The zero-order chi connectivity index (χ0) is 17.5. The van der Waals surface area contributed by atoms with E-state index in [-0.39, 0.29) is 0 Å². The highest BCUT2D eigenvalue weighted by atomic mass is 16.5. The van der Waals surface area contributed by atoms with E-state index in [0.717, 1.165) is 35.5 Å². The van der Waals surface area contributed by atoms with Gasteiger partial charge >= 0.3 is 0 Å². The Labute approximate surface area is 148 Å². The quantitative estimate of drug-likeness (QED) is 0.580. The summed E-state index contributed by atoms with van der Waals surface area (Å²) in [6.45, 7) is 4.75. The molecule has 0 amide bonds. The number of morpholine rings is 1. The highest BCUT2D eigenvalue weighted by Gasteiger charge is 2.22. The molecule has 0 bridgehead atoms. The number of hydrogen-bond donors (Lipinski definition) is 2. The lowest BCUT2D eigenvalue weighted by Gasteiger charge is -2.27. The third kappa shape index (κ3) is 2.53. The molecule has 5 rings (SSSR count). The second-order valence-corrected chi connectivity index (χ2v) is 6.17. The number of anilines is 3. The van der Waals surface area contributed by atoms with E-state index in [4.69, 9.17) is 14.1 Å². The number of aryl methyl sites for hydroxylation is 1. The minimum absolute atomic E-state index is 0.469. The van der Waals surface area contributed by atoms with Crippen molar-refractivity contribution in [3.05, 3.63) is 30.1 Å². The number of aromatic nitrogens is 5. The molecule has 132 valence electrons. The van der Waals surface area contributed by atoms with Crippen LogP contribution in [0.5, 0.6) is 0 Å². The Hall–Kier alpha value is -3.20. The SMILES string of the molecule is Cc1cc(Nc2nc(N3CCOCC3)c3oc4ncccc4c3n2)n[nH]1. The molecule has 0 spiro atoms. The van der Waals surface area contributed by atoms with Crippen molar-refractivity contribution in [1.29, 1.82) is 0 Å². The number of rotatable bonds is 3. The molecular formula is C17H17N7O2. The third-order valence-corrected chi connectivity index (χ3v) is 4.33. The Morgan fingerprint density at radius 1 is 1.23 bits per heavy atom. The van der Waals surface area contributed by atoms with Crippen molar-refractivity contribution < 1.29 is 9.15 Å². The summed E-state index contributed by atoms with van der Waals surface area (Å²) in [5.41, 5.74) is 2.89. The molecule has 1 saturated heterocycles. The van der Waals surface area contributed by atoms with Crippen molar-refractivity contribution in [1.82, 2.24) is 25.1 Å². The normalized spacial score (nSPS) is 15.0. The van der Waals surface area contributed by atoms with Gasteiger partial charge in [-0.15, -0.1) is 0 Å². The molecule has 0 radical (unpaired) electrons. The Balaban J connectivity index is 1.68. The molecule has 9 heteroatoms. The van der Waals surface area contributed by atoms with Crippen LogP contribution in [-0.4, -0.2) is 51.5 Å². The lowest BCUT2D eigenvalue weighted by Crippen LogP contribution is -2.37. The number of H-pyrrole nitrogens is 1. The van der Waals surface area contributed by atoms with E-state index in [1.54, 1.807) is 6.20 Å². The van der Waals surface area contributed by atoms with Gasteiger partial charge in [-0.05, 0) is 19.1 Å². The average molecular weight is 351 g/mol. The monoisotopic (exact) mass is 351 g/mol. The Bertz CT molecular complexity index is 1080. The van der Waals surface area contributed by atoms with Gasteiger partial charge in [0.15, 0.2) is 17.2 Å². The van der Waals surface area contributed by atoms with Gasteiger partial charge < -0.3 is 19.4 Å². The number of aromatic amines is 1. The van der Waals surface area contributed by atoms with Gasteiger partial charge in [0.05, 0.1) is 18.6 Å². The van der Waals surface area contributed by atoms with Crippen molar-refractivity contribution >= 4 is 39.8 Å². The minimum Gasteiger partial charge on any atom is -0.432 e. The molecule has 0 saturated carbocycles. The largest absolute Gasteiger partial charge is 0.432 e. The van der Waals surface area contributed by atoms with Crippen LogP contribution < -0.4 is 10.2 Å². The molecule has 1 aliphatic heterocycles. The smallest absolute Gasteiger partial charge is 0.231 e. The topological polar surface area (TPSA) is 105 Å². The predicted octanol–water partition coefficient (Wildman–Crippen LogP) is 2.38. The van der Waals surface area contributed by atoms with Gasteiger partial charge in [0.1, 0.15) is 5.52 Å². The number of furan rings is 1. The minimum atomic E-state index is 0.469. The maximum Gasteiger partial charge on any atom is 0.231 e. The Morgan fingerprint density at radius 3 is 2.92 bits per heavy atom. The van der Waals surface area contributed by atoms with E-state index in [2.05, 4.69) is 30.4 Å². The van der Waals surface area contributed by atoms with Crippen LogP contribution >= 0.6 is 0 Å². The molecule has 0 unspecified atom stereocenters. The number of fused-ring (bicyclic) bond motifs is 3. The first-order chi connectivity index (χ1) is 12.8. The number of ether oxygens (including phenoxy) is 1. The molecular weight excluding hydrogens is 334 g/mol. The summed E-state index contributed by atoms with van der Waals surface area (Å²) in [6.07, 6.45) is 1.71. The molecule has 9 nitrogen and oxygen atoms in total. The van der Waals surface area contributed by atoms with Gasteiger partial charge in [0, 0.05) is 31.0 Å². The zero-order valence-electron chi connectivity index (χ0n) is 14.2. The molecule has 0 aromatic carbocycles. The lowest BCUT2D eigenvalue weighted by atomic mass is 10.3. The Morgan fingerprint density at radius 2 is 2.12 bits per heavy atom. The summed E-state index contributed by atoms with van der Waals surface area (Å²) in [7, 11) is 0. The summed E-state index contributed by atoms with van der Waals surface area (Å²) >= 11 is 0. The first kappa shape index (κ1) is 15.1. The highest BCUT2D eigenvalue weighted by Crippen LogP contribution is 2.33. The summed E-state index contributed by atoms with van der Waals surface area (Å²) in [5, 5.41) is 11.1. The average Bonchev–Trinajstić information content (AvgIpc) is 3.25. The van der Waals surface area contributed by atoms with E-state index in [0.29, 0.717) is 36.3 Å². The van der Waals surface area contributed by atoms with Crippen LogP contribution in [0.2, 0.25) is 0 Å². The first-order valence-corrected chi connectivity index (χ1v) is 8.45. The van der Waals surface area contributed by atoms with Crippen molar-refractivity contribution in [3.8, 4) is 0 Å². The van der Waals surface area contributed by atoms with Crippen molar-refractivity contribution in [3.63, 3.8) is 0 Å². The highest BCUT2D eigenvalue weighted by molar-refractivity contribution is 6.05. The van der Waals surface area contributed by atoms with E-state index >= 15 is 0 Å². The predicted molar refractivity (Wildman–Crippen MR) is 96.7 cm³/mol. The molecule has 1 aliphatic rings. The number of nitrogens with zero attached hydrogens (tertiary/aromatic N) is 5. The van der Waals surface area contributed by atoms with Crippen LogP contribution in [-0.2, 0) is 4.74 Å². The van der Waals surface area contributed by atoms with Crippen LogP contribution in [0.1, 0.15) is 5.69 Å². The molecule has 0 aliphatic carbocycles. The van der Waals surface area contributed by atoms with Gasteiger partial charge in [0.2, 0.25) is 11.7 Å². The maximum absolute atomic E-state index is 5.98. The molecule has 4 aromatic rings. The Kier molecular flexibility index (Phi) is 3.45. The fourth-order valence-electron chi connectivity index (χ4n) is 3.11. The van der Waals surface area contributed by atoms with Crippen LogP contribution in [0.4, 0.5) is 17.6 Å². The molecule has 26 heavy (non-hydrogen) atoms. The lowest BCUT2D eigenvalue weighted by molar-refractivity contribution is 0.122. The van der Waals surface area contributed by atoms with Gasteiger partial charge in [-0.25, -0.2) is 9.97 Å². The third-order valence-electron chi connectivity index (χ3n) is 4.33. The fourth-order valence-corrected chi connectivity index (χ4v) is 3.11. The van der Waals surface area contributed by atoms with E-state index in [1.807, 2.05) is 25.1 Å². The van der Waals surface area contributed by atoms with Gasteiger partial charge in [0.25, 0.3) is 0 Å². The van der Waals surface area contributed by atoms with E-state index in [1.165, 1.54) is 0 Å². The van der Waals surface area contributed by atoms with Crippen LogP contribution in [0, 0.1) is 6.92 Å². The second-order valence-electron chi connectivity index (χ2n) is 6.17. The van der Waals surface area contributed by atoms with Crippen molar-refractivity contribution in [2.45, 2.75) is 6.92 Å². The van der Waals surface area contributed by atoms with Crippen molar-refractivity contribution in [2.24, 2.45) is 0 Å². The standard InChI is InChI=1S/C17H17N7O2/c1-10-9-12(23-22-10)19-17-20-13-11-3-2-4-18-16(11)26-14(13)15(21-17)24-5-7-25-8-6-24/h2-4,9H,5-8H2,1H3,(H2,19,20,21,22,23). The molecule has 2 N–H and O–H groups in total. The summed E-state index contributed by atoms with van der Waals surface area (Å²) in [6, 6.07) is 5.72. The second kappa shape index (κ2) is 5.95. The fraction of sp³-hybridized carbons (Fsp3) is 0.294. The molecule has 5 heterocycles. The summed E-state index contributed by atoms with van der Waals surface area (Å²) in [4.78, 5) is 15.8. The number of hydrogen-bond acceptors (Lipinski definition) is 8. The van der Waals surface area contributed by atoms with Gasteiger partial charge in [-0.1, -0.05) is 0 Å².